The van der Waals surface area contributed by atoms with Crippen LogP contribution in [0, 0.1) is 3.57 Å². The number of anilines is 2. The van der Waals surface area contributed by atoms with Crippen molar-refractivity contribution in [1.82, 2.24) is 0 Å². The Morgan fingerprint density at radius 3 is 2.46 bits per heavy atom. The lowest BCUT2D eigenvalue weighted by molar-refractivity contribution is -0.120. The zero-order valence-corrected chi connectivity index (χ0v) is 16.4. The monoisotopic (exact) mass is 482 g/mol. The molecular weight excluding hydrogens is 471 g/mol. The van der Waals surface area contributed by atoms with Crippen molar-refractivity contribution >= 4 is 63.4 Å². The number of methoxy groups -OCH3 is 1. The Morgan fingerprint density at radius 2 is 1.81 bits per heavy atom. The van der Waals surface area contributed by atoms with E-state index in [1.165, 1.54) is 19.2 Å². The van der Waals surface area contributed by atoms with Crippen LogP contribution in [-0.4, -0.2) is 24.9 Å². The van der Waals surface area contributed by atoms with Gasteiger partial charge in [0.15, 0.2) is 0 Å². The summed E-state index contributed by atoms with van der Waals surface area (Å²) in [5, 5.41) is 2.68. The van der Waals surface area contributed by atoms with Crippen molar-refractivity contribution < 1.29 is 19.1 Å². The van der Waals surface area contributed by atoms with Gasteiger partial charge in [0, 0.05) is 9.26 Å². The summed E-state index contributed by atoms with van der Waals surface area (Å²) in [6.45, 7) is 0. The minimum Gasteiger partial charge on any atom is -0.465 e. The number of hydrogen-bond acceptors (Lipinski definition) is 5. The molecule has 8 heteroatoms. The first-order chi connectivity index (χ1) is 12.4. The Morgan fingerprint density at radius 1 is 1.12 bits per heavy atom. The van der Waals surface area contributed by atoms with Crippen LogP contribution in [-0.2, 0) is 14.3 Å². The van der Waals surface area contributed by atoms with Crippen LogP contribution in [0.15, 0.2) is 59.3 Å². The predicted octanol–water partition coefficient (Wildman–Crippen LogP) is 3.51. The maximum absolute atomic E-state index is 12.7. The van der Waals surface area contributed by atoms with E-state index in [4.69, 9.17) is 11.6 Å². The van der Waals surface area contributed by atoms with Gasteiger partial charge in [-0.1, -0.05) is 17.7 Å². The second kappa shape index (κ2) is 7.46. The lowest BCUT2D eigenvalue weighted by atomic mass is 10.2. The molecule has 2 amide bonds. The summed E-state index contributed by atoms with van der Waals surface area (Å²) in [6.07, 6.45) is 0. The van der Waals surface area contributed by atoms with Crippen LogP contribution >= 0.6 is 34.2 Å². The Balaban J connectivity index is 1.91. The van der Waals surface area contributed by atoms with E-state index in [1.54, 1.807) is 24.3 Å². The van der Waals surface area contributed by atoms with E-state index >= 15 is 0 Å². The van der Waals surface area contributed by atoms with Crippen LogP contribution in [0.2, 0.25) is 0 Å². The summed E-state index contributed by atoms with van der Waals surface area (Å²) in [5.74, 6) is -1.82. The molecule has 26 heavy (non-hydrogen) atoms. The van der Waals surface area contributed by atoms with Crippen molar-refractivity contribution in [3.63, 3.8) is 0 Å². The Bertz CT molecular complexity index is 940. The molecule has 0 atom stereocenters. The van der Waals surface area contributed by atoms with E-state index in [0.717, 1.165) is 8.47 Å². The van der Waals surface area contributed by atoms with Crippen molar-refractivity contribution in [2.24, 2.45) is 0 Å². The van der Waals surface area contributed by atoms with Gasteiger partial charge in [-0.2, -0.15) is 0 Å². The zero-order chi connectivity index (χ0) is 18.8. The molecule has 1 aliphatic heterocycles. The van der Waals surface area contributed by atoms with Crippen LogP contribution in [0.25, 0.3) is 0 Å². The second-order valence-corrected chi connectivity index (χ2v) is 6.93. The van der Waals surface area contributed by atoms with E-state index in [2.05, 4.69) is 32.6 Å². The zero-order valence-electron chi connectivity index (χ0n) is 13.5. The summed E-state index contributed by atoms with van der Waals surface area (Å²) in [5.41, 5.74) is 1.08. The molecule has 6 nitrogen and oxygen atoms in total. The SMILES string of the molecule is COC(=O)c1cccc(N2C(=O)C(Cl)=C(Nc3ccc(I)cc3)C2=O)c1. The summed E-state index contributed by atoms with van der Waals surface area (Å²) in [4.78, 5) is 37.8. The van der Waals surface area contributed by atoms with Gasteiger partial charge in [0.05, 0.1) is 18.4 Å². The van der Waals surface area contributed by atoms with Gasteiger partial charge in [-0.05, 0) is 65.1 Å². The molecule has 2 aromatic carbocycles. The van der Waals surface area contributed by atoms with E-state index in [-0.39, 0.29) is 22.0 Å². The fourth-order valence-corrected chi connectivity index (χ4v) is 2.99. The number of carbonyl (C=O) groups is 3. The molecule has 0 aromatic heterocycles. The first-order valence-corrected chi connectivity index (χ1v) is 8.87. The van der Waals surface area contributed by atoms with E-state index in [1.807, 2.05) is 12.1 Å². The molecule has 132 valence electrons. The molecule has 0 aliphatic carbocycles. The minimum absolute atomic E-state index is 0.0126. The number of halogens is 2. The van der Waals surface area contributed by atoms with E-state index in [0.29, 0.717) is 5.69 Å². The van der Waals surface area contributed by atoms with Crippen molar-refractivity contribution in [3.05, 3.63) is 68.4 Å². The number of amides is 2. The number of rotatable bonds is 4. The molecule has 1 aliphatic rings. The van der Waals surface area contributed by atoms with Gasteiger partial charge < -0.3 is 10.1 Å². The third kappa shape index (κ3) is 3.45. The third-order valence-corrected chi connectivity index (χ3v) is 4.74. The lowest BCUT2D eigenvalue weighted by Gasteiger charge is -2.15. The van der Waals surface area contributed by atoms with Crippen LogP contribution in [0.5, 0.6) is 0 Å². The maximum atomic E-state index is 12.7. The normalized spacial score (nSPS) is 14.0. The summed E-state index contributed by atoms with van der Waals surface area (Å²) >= 11 is 8.25. The standard InChI is InChI=1S/C18H12ClIN2O4/c1-26-18(25)10-3-2-4-13(9-10)22-16(23)14(19)15(17(22)24)21-12-7-5-11(20)6-8-12/h2-9,21H,1H3. The quantitative estimate of drug-likeness (QED) is 0.410. The average molecular weight is 483 g/mol. The highest BCUT2D eigenvalue weighted by Crippen LogP contribution is 2.30. The Kier molecular flexibility index (Phi) is 5.28. The number of ether oxygens (including phenoxy) is 1. The van der Waals surface area contributed by atoms with Crippen molar-refractivity contribution in [2.45, 2.75) is 0 Å². The van der Waals surface area contributed by atoms with E-state index < -0.39 is 17.8 Å². The molecule has 0 bridgehead atoms. The van der Waals surface area contributed by atoms with Gasteiger partial charge >= 0.3 is 5.97 Å². The van der Waals surface area contributed by atoms with Crippen LogP contribution in [0.1, 0.15) is 10.4 Å². The molecule has 2 aromatic rings. The molecular formula is C18H12ClIN2O4. The number of carbonyl (C=O) groups excluding carboxylic acids is 3. The summed E-state index contributed by atoms with van der Waals surface area (Å²) in [7, 11) is 1.25. The number of nitrogens with zero attached hydrogens (tertiary/aromatic N) is 1. The van der Waals surface area contributed by atoms with E-state index in [9.17, 15) is 14.4 Å². The fraction of sp³-hybridized carbons (Fsp3) is 0.0556. The third-order valence-electron chi connectivity index (χ3n) is 3.67. The Hall–Kier alpha value is -2.39. The smallest absolute Gasteiger partial charge is 0.337 e. The number of nitrogens with one attached hydrogen (secondary N) is 1. The van der Waals surface area contributed by atoms with Gasteiger partial charge in [0.2, 0.25) is 0 Å². The average Bonchev–Trinajstić information content (AvgIpc) is 2.86. The Labute approximate surface area is 167 Å². The molecule has 0 saturated heterocycles. The molecule has 1 heterocycles. The molecule has 0 fully saturated rings. The molecule has 0 spiro atoms. The molecule has 1 N–H and O–H groups in total. The topological polar surface area (TPSA) is 75.7 Å². The fourth-order valence-electron chi connectivity index (χ4n) is 2.41. The number of hydrogen-bond donors (Lipinski definition) is 1. The number of esters is 1. The van der Waals surface area contributed by atoms with Gasteiger partial charge in [-0.25, -0.2) is 9.69 Å². The minimum atomic E-state index is -0.660. The first-order valence-electron chi connectivity index (χ1n) is 7.42. The summed E-state index contributed by atoms with van der Waals surface area (Å²) < 4.78 is 5.69. The molecule has 0 saturated carbocycles. The predicted molar refractivity (Wildman–Crippen MR) is 106 cm³/mol. The van der Waals surface area contributed by atoms with Crippen LogP contribution in [0.3, 0.4) is 0 Å². The highest BCUT2D eigenvalue weighted by Gasteiger charge is 2.39. The van der Waals surface area contributed by atoms with Crippen molar-refractivity contribution in [1.29, 1.82) is 0 Å². The molecule has 3 rings (SSSR count). The summed E-state index contributed by atoms with van der Waals surface area (Å²) in [6, 6.07) is 13.3. The molecule has 0 unspecified atom stereocenters. The van der Waals surface area contributed by atoms with Crippen molar-refractivity contribution in [2.75, 3.05) is 17.3 Å². The van der Waals surface area contributed by atoms with Crippen molar-refractivity contribution in [3.8, 4) is 0 Å². The van der Waals surface area contributed by atoms with Gasteiger partial charge in [-0.15, -0.1) is 0 Å². The first kappa shape index (κ1) is 18.4. The highest BCUT2D eigenvalue weighted by atomic mass is 127. The second-order valence-electron chi connectivity index (χ2n) is 5.31. The number of benzene rings is 2. The maximum Gasteiger partial charge on any atom is 0.337 e. The van der Waals surface area contributed by atoms with Gasteiger partial charge in [0.25, 0.3) is 11.8 Å². The van der Waals surface area contributed by atoms with Crippen LogP contribution < -0.4 is 10.2 Å². The lowest BCUT2D eigenvalue weighted by Crippen LogP contribution is -2.32. The van der Waals surface area contributed by atoms with Crippen LogP contribution in [0.4, 0.5) is 11.4 Å². The van der Waals surface area contributed by atoms with Gasteiger partial charge in [0.1, 0.15) is 10.7 Å². The number of imide groups is 1. The molecule has 0 radical (unpaired) electrons. The van der Waals surface area contributed by atoms with Gasteiger partial charge in [-0.3, -0.25) is 9.59 Å². The highest BCUT2D eigenvalue weighted by molar-refractivity contribution is 14.1. The largest absolute Gasteiger partial charge is 0.465 e.